The molecular formula is C18H33N3O3S. The first-order chi connectivity index (χ1) is 12.0. The van der Waals surface area contributed by atoms with E-state index in [2.05, 4.69) is 5.32 Å². The van der Waals surface area contributed by atoms with Gasteiger partial charge in [-0.05, 0) is 45.4 Å². The summed E-state index contributed by atoms with van der Waals surface area (Å²) in [5, 5.41) is 3.20. The van der Waals surface area contributed by atoms with Crippen molar-refractivity contribution >= 4 is 16.1 Å². The second kappa shape index (κ2) is 8.35. The molecule has 1 saturated carbocycles. The molecule has 0 aromatic heterocycles. The zero-order valence-corrected chi connectivity index (χ0v) is 16.3. The number of nitrogens with one attached hydrogen (secondary N) is 1. The van der Waals surface area contributed by atoms with Gasteiger partial charge in [-0.2, -0.15) is 17.0 Å². The summed E-state index contributed by atoms with van der Waals surface area (Å²) in [6.07, 6.45) is 10.1. The molecule has 3 fully saturated rings. The third-order valence-corrected chi connectivity index (χ3v) is 8.29. The lowest BCUT2D eigenvalue weighted by Crippen LogP contribution is -2.52. The molecule has 2 heterocycles. The summed E-state index contributed by atoms with van der Waals surface area (Å²) in [7, 11) is -3.38. The van der Waals surface area contributed by atoms with Gasteiger partial charge in [0.15, 0.2) is 0 Å². The van der Waals surface area contributed by atoms with E-state index in [0.717, 1.165) is 32.1 Å². The number of piperidine rings is 2. The Morgan fingerprint density at radius 3 is 2.16 bits per heavy atom. The number of carbonyl (C=O) groups is 1. The van der Waals surface area contributed by atoms with Crippen molar-refractivity contribution in [2.24, 2.45) is 5.92 Å². The average molecular weight is 372 g/mol. The van der Waals surface area contributed by atoms with Crippen molar-refractivity contribution in [3.05, 3.63) is 0 Å². The number of hydrogen-bond acceptors (Lipinski definition) is 3. The highest BCUT2D eigenvalue weighted by molar-refractivity contribution is 7.86. The number of nitrogens with zero attached hydrogens (tertiary/aromatic N) is 2. The minimum atomic E-state index is -3.38. The molecule has 1 atom stereocenters. The van der Waals surface area contributed by atoms with E-state index in [9.17, 15) is 13.2 Å². The van der Waals surface area contributed by atoms with Crippen molar-refractivity contribution in [3.63, 3.8) is 0 Å². The molecule has 144 valence electrons. The molecule has 7 heteroatoms. The van der Waals surface area contributed by atoms with Crippen LogP contribution in [0.5, 0.6) is 0 Å². The van der Waals surface area contributed by atoms with Gasteiger partial charge in [0.1, 0.15) is 0 Å². The molecule has 25 heavy (non-hydrogen) atoms. The number of rotatable bonds is 4. The monoisotopic (exact) mass is 371 g/mol. The van der Waals surface area contributed by atoms with Crippen molar-refractivity contribution in [1.29, 1.82) is 0 Å². The zero-order valence-electron chi connectivity index (χ0n) is 15.5. The fourth-order valence-electron chi connectivity index (χ4n) is 4.48. The Morgan fingerprint density at radius 1 is 0.880 bits per heavy atom. The summed E-state index contributed by atoms with van der Waals surface area (Å²) in [5.41, 5.74) is 0. The smallest absolute Gasteiger partial charge is 0.282 e. The molecule has 6 nitrogen and oxygen atoms in total. The Morgan fingerprint density at radius 2 is 1.52 bits per heavy atom. The lowest BCUT2D eigenvalue weighted by molar-refractivity contribution is -0.127. The fraction of sp³-hybridized carbons (Fsp3) is 0.944. The molecule has 1 unspecified atom stereocenters. The standard InChI is InChI=1S/C18H33N3O3S/c1-15-7-5-6-12-21(15)25(23,24)20-13-10-16(11-14-20)18(22)19-17-8-3-2-4-9-17/h15-17H,2-14H2,1H3,(H,19,22). The second-order valence-corrected chi connectivity index (χ2v) is 9.86. The number of carbonyl (C=O) groups excluding carboxylic acids is 1. The van der Waals surface area contributed by atoms with Crippen molar-refractivity contribution in [3.8, 4) is 0 Å². The molecule has 2 aliphatic heterocycles. The van der Waals surface area contributed by atoms with Gasteiger partial charge in [0.05, 0.1) is 0 Å². The van der Waals surface area contributed by atoms with Crippen LogP contribution >= 0.6 is 0 Å². The van der Waals surface area contributed by atoms with Gasteiger partial charge in [-0.1, -0.05) is 25.7 Å². The van der Waals surface area contributed by atoms with E-state index in [1.54, 1.807) is 8.61 Å². The average Bonchev–Trinajstić information content (AvgIpc) is 2.63. The van der Waals surface area contributed by atoms with Crippen LogP contribution < -0.4 is 5.32 Å². The van der Waals surface area contributed by atoms with Crippen LogP contribution in [0, 0.1) is 5.92 Å². The largest absolute Gasteiger partial charge is 0.353 e. The van der Waals surface area contributed by atoms with Gasteiger partial charge in [0.25, 0.3) is 10.2 Å². The molecule has 0 spiro atoms. The van der Waals surface area contributed by atoms with Gasteiger partial charge in [-0.3, -0.25) is 4.79 Å². The van der Waals surface area contributed by atoms with E-state index in [1.807, 2.05) is 6.92 Å². The van der Waals surface area contributed by atoms with Crippen LogP contribution in [0.3, 0.4) is 0 Å². The van der Waals surface area contributed by atoms with E-state index >= 15 is 0 Å². The molecule has 1 amide bonds. The maximum atomic E-state index is 12.9. The van der Waals surface area contributed by atoms with E-state index in [4.69, 9.17) is 0 Å². The van der Waals surface area contributed by atoms with Gasteiger partial charge in [0.2, 0.25) is 5.91 Å². The lowest BCUT2D eigenvalue weighted by atomic mass is 9.93. The van der Waals surface area contributed by atoms with Crippen LogP contribution in [-0.2, 0) is 15.0 Å². The molecule has 0 radical (unpaired) electrons. The van der Waals surface area contributed by atoms with Crippen LogP contribution in [0.2, 0.25) is 0 Å². The Balaban J connectivity index is 1.51. The van der Waals surface area contributed by atoms with Crippen LogP contribution in [0.25, 0.3) is 0 Å². The minimum Gasteiger partial charge on any atom is -0.353 e. The fourth-order valence-corrected chi connectivity index (χ4v) is 6.37. The highest BCUT2D eigenvalue weighted by Crippen LogP contribution is 2.27. The Bertz CT molecular complexity index is 552. The van der Waals surface area contributed by atoms with Gasteiger partial charge in [0, 0.05) is 37.6 Å². The summed E-state index contributed by atoms with van der Waals surface area (Å²) in [5.74, 6) is 0.0995. The maximum Gasteiger partial charge on any atom is 0.282 e. The summed E-state index contributed by atoms with van der Waals surface area (Å²) in [4.78, 5) is 12.5. The second-order valence-electron chi connectivity index (χ2n) is 7.98. The van der Waals surface area contributed by atoms with Gasteiger partial charge in [-0.25, -0.2) is 0 Å². The first kappa shape index (κ1) is 19.1. The van der Waals surface area contributed by atoms with E-state index in [1.165, 1.54) is 19.3 Å². The predicted molar refractivity (Wildman–Crippen MR) is 98.3 cm³/mol. The number of hydrogen-bond donors (Lipinski definition) is 1. The van der Waals surface area contributed by atoms with E-state index < -0.39 is 10.2 Å². The molecule has 0 aromatic rings. The van der Waals surface area contributed by atoms with E-state index in [-0.39, 0.29) is 17.9 Å². The van der Waals surface area contributed by atoms with Crippen LogP contribution in [0.15, 0.2) is 0 Å². The quantitative estimate of drug-likeness (QED) is 0.824. The van der Waals surface area contributed by atoms with Crippen molar-refractivity contribution < 1.29 is 13.2 Å². The topological polar surface area (TPSA) is 69.7 Å². The van der Waals surface area contributed by atoms with E-state index in [0.29, 0.717) is 38.5 Å². The van der Waals surface area contributed by atoms with Gasteiger partial charge >= 0.3 is 0 Å². The molecule has 3 aliphatic rings. The molecule has 0 aromatic carbocycles. The molecule has 1 N–H and O–H groups in total. The summed E-state index contributed by atoms with van der Waals surface area (Å²) in [6, 6.07) is 0.420. The maximum absolute atomic E-state index is 12.9. The highest BCUT2D eigenvalue weighted by Gasteiger charge is 2.37. The van der Waals surface area contributed by atoms with Gasteiger partial charge in [-0.15, -0.1) is 0 Å². The van der Waals surface area contributed by atoms with Crippen molar-refractivity contribution in [1.82, 2.24) is 13.9 Å². The van der Waals surface area contributed by atoms with Crippen molar-refractivity contribution in [2.75, 3.05) is 19.6 Å². The van der Waals surface area contributed by atoms with Crippen LogP contribution in [0.1, 0.15) is 71.1 Å². The molecule has 3 rings (SSSR count). The Kier molecular flexibility index (Phi) is 6.39. The Hall–Kier alpha value is -0.660. The highest BCUT2D eigenvalue weighted by atomic mass is 32.2. The normalized spacial score (nSPS) is 28.8. The molecule has 1 aliphatic carbocycles. The first-order valence-corrected chi connectivity index (χ1v) is 11.5. The van der Waals surface area contributed by atoms with Crippen LogP contribution in [-0.4, -0.2) is 54.7 Å². The molecular weight excluding hydrogens is 338 g/mol. The Labute approximate surface area is 152 Å². The molecule has 2 saturated heterocycles. The van der Waals surface area contributed by atoms with Gasteiger partial charge < -0.3 is 5.32 Å². The molecule has 0 bridgehead atoms. The third kappa shape index (κ3) is 4.55. The third-order valence-electron chi connectivity index (χ3n) is 6.14. The lowest BCUT2D eigenvalue weighted by Gasteiger charge is -2.39. The summed E-state index contributed by atoms with van der Waals surface area (Å²) >= 11 is 0. The minimum absolute atomic E-state index is 0.0350. The summed E-state index contributed by atoms with van der Waals surface area (Å²) < 4.78 is 29.1. The predicted octanol–water partition coefficient (Wildman–Crippen LogP) is 2.27. The number of amides is 1. The van der Waals surface area contributed by atoms with Crippen LogP contribution in [0.4, 0.5) is 0 Å². The van der Waals surface area contributed by atoms with Crippen molar-refractivity contribution in [2.45, 2.75) is 83.2 Å². The zero-order chi connectivity index (χ0) is 17.9. The first-order valence-electron chi connectivity index (χ1n) is 10.1. The summed E-state index contributed by atoms with van der Waals surface area (Å²) in [6.45, 7) is 3.56. The SMILES string of the molecule is CC1CCCCN1S(=O)(=O)N1CCC(C(=O)NC2CCCCC2)CC1.